The van der Waals surface area contributed by atoms with E-state index in [1.54, 1.807) is 0 Å². The molecular formula is C8H15NO. The van der Waals surface area contributed by atoms with Crippen molar-refractivity contribution in [1.82, 2.24) is 0 Å². The minimum absolute atomic E-state index is 0.546. The van der Waals surface area contributed by atoms with E-state index in [9.17, 15) is 0 Å². The first kappa shape index (κ1) is 7.76. The maximum Gasteiger partial charge on any atom is 0.0686 e. The van der Waals surface area contributed by atoms with Gasteiger partial charge in [0.15, 0.2) is 0 Å². The average Bonchev–Trinajstić information content (AvgIpc) is 2.71. The first-order valence-corrected chi connectivity index (χ1v) is 3.77. The van der Waals surface area contributed by atoms with Crippen LogP contribution >= 0.6 is 0 Å². The fourth-order valence-corrected chi connectivity index (χ4v) is 0.713. The van der Waals surface area contributed by atoms with Crippen LogP contribution in [0.3, 0.4) is 0 Å². The standard InChI is InChI=1S/C8H15NO/c1-7(4-9)5-10-6-8-2-3-8/h8H,1-6,9H2. The van der Waals surface area contributed by atoms with Gasteiger partial charge in [-0.05, 0) is 24.3 Å². The van der Waals surface area contributed by atoms with Crippen LogP contribution in [-0.4, -0.2) is 19.8 Å². The van der Waals surface area contributed by atoms with Gasteiger partial charge in [0.1, 0.15) is 0 Å². The summed E-state index contributed by atoms with van der Waals surface area (Å²) in [6.07, 6.45) is 2.68. The first-order chi connectivity index (χ1) is 4.83. The summed E-state index contributed by atoms with van der Waals surface area (Å²) in [6.45, 7) is 5.83. The fourth-order valence-electron chi connectivity index (χ4n) is 0.713. The molecule has 0 aromatic rings. The lowest BCUT2D eigenvalue weighted by molar-refractivity contribution is 0.145. The molecule has 2 nitrogen and oxygen atoms in total. The highest BCUT2D eigenvalue weighted by Gasteiger charge is 2.20. The second-order valence-corrected chi connectivity index (χ2v) is 2.91. The Balaban J connectivity index is 1.88. The van der Waals surface area contributed by atoms with Crippen LogP contribution in [0.25, 0.3) is 0 Å². The number of ether oxygens (including phenoxy) is 1. The third-order valence-corrected chi connectivity index (χ3v) is 1.65. The SMILES string of the molecule is C=C(CN)COCC1CC1. The molecule has 0 unspecified atom stereocenters. The summed E-state index contributed by atoms with van der Waals surface area (Å²) < 4.78 is 5.33. The zero-order chi connectivity index (χ0) is 7.40. The van der Waals surface area contributed by atoms with E-state index >= 15 is 0 Å². The highest BCUT2D eigenvalue weighted by atomic mass is 16.5. The Hall–Kier alpha value is -0.340. The quantitative estimate of drug-likeness (QED) is 0.578. The second-order valence-electron chi connectivity index (χ2n) is 2.91. The molecule has 1 rings (SSSR count). The summed E-state index contributed by atoms with van der Waals surface area (Å²) in [7, 11) is 0. The third-order valence-electron chi connectivity index (χ3n) is 1.65. The molecule has 0 bridgehead atoms. The van der Waals surface area contributed by atoms with Gasteiger partial charge in [-0.3, -0.25) is 0 Å². The third kappa shape index (κ3) is 2.99. The van der Waals surface area contributed by atoms with Gasteiger partial charge in [0.2, 0.25) is 0 Å². The minimum atomic E-state index is 0.546. The van der Waals surface area contributed by atoms with Crippen molar-refractivity contribution in [2.24, 2.45) is 11.7 Å². The molecule has 0 saturated heterocycles. The van der Waals surface area contributed by atoms with Crippen molar-refractivity contribution in [3.8, 4) is 0 Å². The van der Waals surface area contributed by atoms with Crippen LogP contribution in [0.2, 0.25) is 0 Å². The largest absolute Gasteiger partial charge is 0.377 e. The molecule has 0 aromatic carbocycles. The Morgan fingerprint density at radius 1 is 1.60 bits per heavy atom. The van der Waals surface area contributed by atoms with E-state index in [1.165, 1.54) is 12.8 Å². The molecule has 0 radical (unpaired) electrons. The maximum absolute atomic E-state index is 5.33. The van der Waals surface area contributed by atoms with Crippen LogP contribution in [0.4, 0.5) is 0 Å². The van der Waals surface area contributed by atoms with Gasteiger partial charge in [-0.1, -0.05) is 6.58 Å². The Kier molecular flexibility index (Phi) is 2.90. The van der Waals surface area contributed by atoms with E-state index in [1.807, 2.05) is 0 Å². The molecule has 0 spiro atoms. The van der Waals surface area contributed by atoms with Gasteiger partial charge >= 0.3 is 0 Å². The molecular weight excluding hydrogens is 126 g/mol. The minimum Gasteiger partial charge on any atom is -0.377 e. The van der Waals surface area contributed by atoms with Crippen molar-refractivity contribution in [1.29, 1.82) is 0 Å². The van der Waals surface area contributed by atoms with Crippen LogP contribution < -0.4 is 5.73 Å². The second kappa shape index (κ2) is 3.74. The Morgan fingerprint density at radius 2 is 2.30 bits per heavy atom. The van der Waals surface area contributed by atoms with E-state index in [0.717, 1.165) is 18.1 Å². The van der Waals surface area contributed by atoms with Crippen LogP contribution in [0.1, 0.15) is 12.8 Å². The number of hydrogen-bond acceptors (Lipinski definition) is 2. The topological polar surface area (TPSA) is 35.2 Å². The summed E-state index contributed by atoms with van der Waals surface area (Å²) in [4.78, 5) is 0. The number of hydrogen-bond donors (Lipinski definition) is 1. The zero-order valence-electron chi connectivity index (χ0n) is 6.31. The molecule has 0 amide bonds. The number of nitrogens with two attached hydrogens (primary N) is 1. The van der Waals surface area contributed by atoms with Crippen molar-refractivity contribution in [2.75, 3.05) is 19.8 Å². The summed E-state index contributed by atoms with van der Waals surface area (Å²) in [5.41, 5.74) is 6.31. The van der Waals surface area contributed by atoms with Gasteiger partial charge in [0.05, 0.1) is 6.61 Å². The van der Waals surface area contributed by atoms with Gasteiger partial charge in [-0.2, -0.15) is 0 Å². The average molecular weight is 141 g/mol. The van der Waals surface area contributed by atoms with Crippen LogP contribution in [0.15, 0.2) is 12.2 Å². The smallest absolute Gasteiger partial charge is 0.0686 e. The molecule has 0 aliphatic heterocycles. The summed E-state index contributed by atoms with van der Waals surface area (Å²) >= 11 is 0. The molecule has 0 aromatic heterocycles. The van der Waals surface area contributed by atoms with E-state index in [-0.39, 0.29) is 0 Å². The van der Waals surface area contributed by atoms with E-state index in [4.69, 9.17) is 10.5 Å². The Morgan fingerprint density at radius 3 is 2.80 bits per heavy atom. The monoisotopic (exact) mass is 141 g/mol. The van der Waals surface area contributed by atoms with Crippen molar-refractivity contribution < 1.29 is 4.74 Å². The van der Waals surface area contributed by atoms with Crippen molar-refractivity contribution >= 4 is 0 Å². The molecule has 0 heterocycles. The normalized spacial score (nSPS) is 17.3. The molecule has 1 fully saturated rings. The number of rotatable bonds is 5. The lowest BCUT2D eigenvalue weighted by Gasteiger charge is -2.02. The lowest BCUT2D eigenvalue weighted by Crippen LogP contribution is -2.09. The highest BCUT2D eigenvalue weighted by molar-refractivity contribution is 4.95. The molecule has 1 aliphatic carbocycles. The van der Waals surface area contributed by atoms with Gasteiger partial charge in [-0.15, -0.1) is 0 Å². The van der Waals surface area contributed by atoms with Crippen molar-refractivity contribution in [3.63, 3.8) is 0 Å². The van der Waals surface area contributed by atoms with Gasteiger partial charge in [0, 0.05) is 13.2 Å². The lowest BCUT2D eigenvalue weighted by atomic mass is 10.3. The molecule has 2 heteroatoms. The van der Waals surface area contributed by atoms with Gasteiger partial charge < -0.3 is 10.5 Å². The summed E-state index contributed by atoms with van der Waals surface area (Å²) in [5, 5.41) is 0. The van der Waals surface area contributed by atoms with Crippen LogP contribution in [0.5, 0.6) is 0 Å². The molecule has 0 atom stereocenters. The first-order valence-electron chi connectivity index (χ1n) is 3.77. The molecule has 2 N–H and O–H groups in total. The maximum atomic E-state index is 5.33. The van der Waals surface area contributed by atoms with Crippen molar-refractivity contribution in [3.05, 3.63) is 12.2 Å². The summed E-state index contributed by atoms with van der Waals surface area (Å²) in [5.74, 6) is 0.838. The van der Waals surface area contributed by atoms with Gasteiger partial charge in [0.25, 0.3) is 0 Å². The summed E-state index contributed by atoms with van der Waals surface area (Å²) in [6, 6.07) is 0. The van der Waals surface area contributed by atoms with Crippen LogP contribution in [-0.2, 0) is 4.74 Å². The predicted molar refractivity (Wildman–Crippen MR) is 41.7 cm³/mol. The van der Waals surface area contributed by atoms with Gasteiger partial charge in [-0.25, -0.2) is 0 Å². The Bertz CT molecular complexity index is 118. The highest BCUT2D eigenvalue weighted by Crippen LogP contribution is 2.28. The fraction of sp³-hybridized carbons (Fsp3) is 0.750. The van der Waals surface area contributed by atoms with E-state index in [2.05, 4.69) is 6.58 Å². The van der Waals surface area contributed by atoms with E-state index in [0.29, 0.717) is 13.2 Å². The molecule has 58 valence electrons. The Labute approximate surface area is 62.1 Å². The molecule has 1 saturated carbocycles. The zero-order valence-corrected chi connectivity index (χ0v) is 6.31. The van der Waals surface area contributed by atoms with Crippen molar-refractivity contribution in [2.45, 2.75) is 12.8 Å². The molecule has 1 aliphatic rings. The van der Waals surface area contributed by atoms with E-state index < -0.39 is 0 Å². The molecule has 10 heavy (non-hydrogen) atoms. The van der Waals surface area contributed by atoms with Crippen LogP contribution in [0, 0.1) is 5.92 Å². The predicted octanol–water partition coefficient (Wildman–Crippen LogP) is 0.928.